The number of hydrogen-bond donors (Lipinski definition) is 1. The second-order valence-corrected chi connectivity index (χ2v) is 6.41. The first kappa shape index (κ1) is 19.3. The molecule has 0 unspecified atom stereocenters. The van der Waals surface area contributed by atoms with Crippen molar-refractivity contribution in [2.24, 2.45) is 5.41 Å². The van der Waals surface area contributed by atoms with Crippen molar-refractivity contribution in [2.45, 2.75) is 45.7 Å². The molecule has 1 aromatic rings. The summed E-state index contributed by atoms with van der Waals surface area (Å²) >= 11 is 0. The SMILES string of the molecule is CCCN(CCC)C(=O)C1(C(=O)Nc2cccc(C(F)(F)F)c2)CC1. The van der Waals surface area contributed by atoms with Crippen molar-refractivity contribution in [1.29, 1.82) is 0 Å². The fourth-order valence-electron chi connectivity index (χ4n) is 2.84. The summed E-state index contributed by atoms with van der Waals surface area (Å²) in [6.07, 6.45) is -2.04. The minimum absolute atomic E-state index is 0.0523. The second kappa shape index (κ2) is 7.45. The lowest BCUT2D eigenvalue weighted by molar-refractivity contribution is -0.142. The van der Waals surface area contributed by atoms with Gasteiger partial charge in [-0.05, 0) is 43.9 Å². The first-order valence-corrected chi connectivity index (χ1v) is 8.52. The van der Waals surface area contributed by atoms with Crippen LogP contribution in [-0.4, -0.2) is 29.8 Å². The maximum atomic E-state index is 12.8. The van der Waals surface area contributed by atoms with Gasteiger partial charge in [-0.2, -0.15) is 13.2 Å². The normalized spacial score (nSPS) is 15.6. The molecule has 138 valence electrons. The minimum atomic E-state index is -4.48. The summed E-state index contributed by atoms with van der Waals surface area (Å²) < 4.78 is 38.3. The minimum Gasteiger partial charge on any atom is -0.342 e. The average Bonchev–Trinajstić information content (AvgIpc) is 3.35. The van der Waals surface area contributed by atoms with Gasteiger partial charge in [-0.3, -0.25) is 9.59 Å². The molecule has 4 nitrogen and oxygen atoms in total. The molecule has 0 aliphatic heterocycles. The Balaban J connectivity index is 2.13. The molecule has 1 aliphatic carbocycles. The summed E-state index contributed by atoms with van der Waals surface area (Å²) in [5, 5.41) is 2.49. The number of amides is 2. The first-order valence-electron chi connectivity index (χ1n) is 8.52. The van der Waals surface area contributed by atoms with Gasteiger partial charge < -0.3 is 10.2 Å². The van der Waals surface area contributed by atoms with Crippen molar-refractivity contribution in [2.75, 3.05) is 18.4 Å². The predicted octanol–water partition coefficient (Wildman–Crippen LogP) is 4.07. The van der Waals surface area contributed by atoms with Crippen LogP contribution in [0.3, 0.4) is 0 Å². The predicted molar refractivity (Wildman–Crippen MR) is 88.9 cm³/mol. The maximum Gasteiger partial charge on any atom is 0.416 e. The van der Waals surface area contributed by atoms with Crippen molar-refractivity contribution in [3.05, 3.63) is 29.8 Å². The molecular formula is C18H23F3N2O2. The topological polar surface area (TPSA) is 49.4 Å². The van der Waals surface area contributed by atoms with Crippen LogP contribution in [0.4, 0.5) is 18.9 Å². The highest BCUT2D eigenvalue weighted by Gasteiger charge is 2.57. The van der Waals surface area contributed by atoms with Gasteiger partial charge >= 0.3 is 6.18 Å². The van der Waals surface area contributed by atoms with Gasteiger partial charge in [-0.25, -0.2) is 0 Å². The van der Waals surface area contributed by atoms with Crippen molar-refractivity contribution >= 4 is 17.5 Å². The maximum absolute atomic E-state index is 12.8. The van der Waals surface area contributed by atoms with E-state index in [0.717, 1.165) is 25.0 Å². The molecule has 7 heteroatoms. The largest absolute Gasteiger partial charge is 0.416 e. The molecule has 0 radical (unpaired) electrons. The summed E-state index contributed by atoms with van der Waals surface area (Å²) in [7, 11) is 0. The monoisotopic (exact) mass is 356 g/mol. The standard InChI is InChI=1S/C18H23F3N2O2/c1-3-10-23(11-4-2)16(25)17(8-9-17)15(24)22-14-7-5-6-13(12-14)18(19,20)21/h5-7,12H,3-4,8-11H2,1-2H3,(H,22,24). The lowest BCUT2D eigenvalue weighted by Gasteiger charge is -2.26. The average molecular weight is 356 g/mol. The molecule has 1 saturated carbocycles. The van der Waals surface area contributed by atoms with Crippen molar-refractivity contribution in [3.8, 4) is 0 Å². The van der Waals surface area contributed by atoms with Crippen LogP contribution in [0, 0.1) is 5.41 Å². The molecule has 1 aromatic carbocycles. The summed E-state index contributed by atoms with van der Waals surface area (Å²) in [4.78, 5) is 27.0. The molecule has 0 heterocycles. The van der Waals surface area contributed by atoms with Crippen LogP contribution in [0.15, 0.2) is 24.3 Å². The number of hydrogen-bond acceptors (Lipinski definition) is 2. The lowest BCUT2D eigenvalue weighted by atomic mass is 10.0. The molecule has 1 aliphatic rings. The van der Waals surface area contributed by atoms with E-state index in [1.807, 2.05) is 13.8 Å². The summed E-state index contributed by atoms with van der Waals surface area (Å²) in [5.74, 6) is -0.741. The van der Waals surface area contributed by atoms with Gasteiger partial charge in [-0.1, -0.05) is 19.9 Å². The van der Waals surface area contributed by atoms with Gasteiger partial charge in [0.1, 0.15) is 5.41 Å². The Morgan fingerprint density at radius 1 is 1.16 bits per heavy atom. The Bertz CT molecular complexity index is 633. The van der Waals surface area contributed by atoms with Crippen molar-refractivity contribution < 1.29 is 22.8 Å². The van der Waals surface area contributed by atoms with Gasteiger partial charge in [0, 0.05) is 18.8 Å². The Morgan fingerprint density at radius 2 is 1.76 bits per heavy atom. The number of carbonyl (C=O) groups excluding carboxylic acids is 2. The number of halogens is 3. The van der Waals surface area contributed by atoms with Crippen LogP contribution in [0.5, 0.6) is 0 Å². The van der Waals surface area contributed by atoms with E-state index in [-0.39, 0.29) is 11.6 Å². The highest BCUT2D eigenvalue weighted by Crippen LogP contribution is 2.48. The van der Waals surface area contributed by atoms with Gasteiger partial charge in [0.2, 0.25) is 11.8 Å². The summed E-state index contributed by atoms with van der Waals surface area (Å²) in [5.41, 5.74) is -1.91. The number of rotatable bonds is 7. The first-order chi connectivity index (χ1) is 11.7. The Kier molecular flexibility index (Phi) is 5.75. The molecule has 0 spiro atoms. The lowest BCUT2D eigenvalue weighted by Crippen LogP contribution is -2.43. The van der Waals surface area contributed by atoms with Crippen LogP contribution in [0.2, 0.25) is 0 Å². The zero-order chi connectivity index (χ0) is 18.7. The molecule has 0 aromatic heterocycles. The third-order valence-corrected chi connectivity index (χ3v) is 4.32. The molecule has 0 bridgehead atoms. The Labute approximate surface area is 145 Å². The van der Waals surface area contributed by atoms with Gasteiger partial charge in [0.25, 0.3) is 0 Å². The van der Waals surface area contributed by atoms with E-state index in [1.54, 1.807) is 4.90 Å². The second-order valence-electron chi connectivity index (χ2n) is 6.41. The number of alkyl halides is 3. The summed E-state index contributed by atoms with van der Waals surface area (Å²) in [6.45, 7) is 5.06. The molecule has 0 atom stereocenters. The molecule has 1 N–H and O–H groups in total. The van der Waals surface area contributed by atoms with E-state index in [0.29, 0.717) is 25.9 Å². The highest BCUT2D eigenvalue weighted by atomic mass is 19.4. The highest BCUT2D eigenvalue weighted by molar-refractivity contribution is 6.13. The number of nitrogens with one attached hydrogen (secondary N) is 1. The fraction of sp³-hybridized carbons (Fsp3) is 0.556. The Hall–Kier alpha value is -2.05. The van der Waals surface area contributed by atoms with Crippen LogP contribution >= 0.6 is 0 Å². The molecule has 0 saturated heterocycles. The fourth-order valence-corrected chi connectivity index (χ4v) is 2.84. The molecule has 25 heavy (non-hydrogen) atoms. The molecular weight excluding hydrogens is 333 g/mol. The van der Waals surface area contributed by atoms with E-state index in [4.69, 9.17) is 0 Å². The molecule has 1 fully saturated rings. The molecule has 2 rings (SSSR count). The number of anilines is 1. The van der Waals surface area contributed by atoms with Crippen LogP contribution in [-0.2, 0) is 15.8 Å². The van der Waals surface area contributed by atoms with Crippen molar-refractivity contribution in [3.63, 3.8) is 0 Å². The van der Waals surface area contributed by atoms with E-state index >= 15 is 0 Å². The van der Waals surface area contributed by atoms with E-state index in [2.05, 4.69) is 5.32 Å². The van der Waals surface area contributed by atoms with Gasteiger partial charge in [-0.15, -0.1) is 0 Å². The van der Waals surface area contributed by atoms with Crippen LogP contribution < -0.4 is 5.32 Å². The summed E-state index contributed by atoms with van der Waals surface area (Å²) in [6, 6.07) is 4.45. The number of benzene rings is 1. The third-order valence-electron chi connectivity index (χ3n) is 4.32. The number of nitrogens with zero attached hydrogens (tertiary/aromatic N) is 1. The smallest absolute Gasteiger partial charge is 0.342 e. The Morgan fingerprint density at radius 3 is 2.24 bits per heavy atom. The van der Waals surface area contributed by atoms with Crippen LogP contribution in [0.1, 0.15) is 45.1 Å². The number of carbonyl (C=O) groups is 2. The van der Waals surface area contributed by atoms with Gasteiger partial charge in [0.05, 0.1) is 5.56 Å². The zero-order valence-corrected chi connectivity index (χ0v) is 14.4. The van der Waals surface area contributed by atoms with Crippen molar-refractivity contribution in [1.82, 2.24) is 4.90 Å². The van der Waals surface area contributed by atoms with E-state index < -0.39 is 23.1 Å². The zero-order valence-electron chi connectivity index (χ0n) is 14.4. The van der Waals surface area contributed by atoms with E-state index in [9.17, 15) is 22.8 Å². The van der Waals surface area contributed by atoms with Crippen LogP contribution in [0.25, 0.3) is 0 Å². The van der Waals surface area contributed by atoms with E-state index in [1.165, 1.54) is 12.1 Å². The molecule has 2 amide bonds. The quantitative estimate of drug-likeness (QED) is 0.749. The third kappa shape index (κ3) is 4.32. The van der Waals surface area contributed by atoms with Gasteiger partial charge in [0.15, 0.2) is 0 Å².